The number of nitrogens with one attached hydrogen (secondary N) is 1. The van der Waals surface area contributed by atoms with Gasteiger partial charge >= 0.3 is 0 Å². The van der Waals surface area contributed by atoms with Gasteiger partial charge in [-0.3, -0.25) is 13.9 Å². The molecule has 0 spiro atoms. The number of nitrogens with zero attached hydrogens (tertiary/aromatic N) is 2. The zero-order chi connectivity index (χ0) is 28.6. The number of anilines is 1. The van der Waals surface area contributed by atoms with Crippen molar-refractivity contribution in [3.63, 3.8) is 0 Å². The Labute approximate surface area is 240 Å². The van der Waals surface area contributed by atoms with Crippen LogP contribution in [0.1, 0.15) is 37.8 Å². The standard InChI is InChI=1S/C29H33Cl2N3O4S/c1-4-5-17-32-29(36)22(3)33(19-23-10-7-6-9-21(23)2)28(35)20-34(26-12-8-11-25(31)18-26)39(37,38)27-15-13-24(30)14-16-27/h6-16,18,22H,4-5,17,19-20H2,1-3H3,(H,32,36)/t22-/m0/s1. The average molecular weight is 591 g/mol. The monoisotopic (exact) mass is 589 g/mol. The van der Waals surface area contributed by atoms with Crippen molar-refractivity contribution in [2.24, 2.45) is 0 Å². The fraction of sp³-hybridized carbons (Fsp3) is 0.310. The van der Waals surface area contributed by atoms with E-state index in [4.69, 9.17) is 23.2 Å². The normalized spacial score (nSPS) is 12.0. The summed E-state index contributed by atoms with van der Waals surface area (Å²) in [7, 11) is -4.19. The van der Waals surface area contributed by atoms with E-state index >= 15 is 0 Å². The lowest BCUT2D eigenvalue weighted by Crippen LogP contribution is -2.51. The van der Waals surface area contributed by atoms with E-state index in [9.17, 15) is 18.0 Å². The van der Waals surface area contributed by atoms with Gasteiger partial charge in [-0.05, 0) is 73.9 Å². The highest BCUT2D eigenvalue weighted by Gasteiger charge is 2.32. The van der Waals surface area contributed by atoms with Crippen LogP contribution in [0.2, 0.25) is 10.0 Å². The Hall–Kier alpha value is -3.07. The highest BCUT2D eigenvalue weighted by Crippen LogP contribution is 2.27. The number of carbonyl (C=O) groups excluding carboxylic acids is 2. The van der Waals surface area contributed by atoms with E-state index in [1.54, 1.807) is 25.1 Å². The summed E-state index contributed by atoms with van der Waals surface area (Å²) in [6, 6.07) is 18.7. The molecule has 0 unspecified atom stereocenters. The predicted octanol–water partition coefficient (Wildman–Crippen LogP) is 5.83. The van der Waals surface area contributed by atoms with E-state index in [1.165, 1.54) is 35.2 Å². The highest BCUT2D eigenvalue weighted by molar-refractivity contribution is 7.92. The molecule has 0 saturated heterocycles. The lowest BCUT2D eigenvalue weighted by Gasteiger charge is -2.32. The van der Waals surface area contributed by atoms with Gasteiger partial charge < -0.3 is 10.2 Å². The molecule has 3 aromatic carbocycles. The van der Waals surface area contributed by atoms with Gasteiger partial charge in [-0.25, -0.2) is 8.42 Å². The Morgan fingerprint density at radius 1 is 0.949 bits per heavy atom. The van der Waals surface area contributed by atoms with Crippen LogP contribution in [0.4, 0.5) is 5.69 Å². The van der Waals surface area contributed by atoms with Crippen LogP contribution in [0.25, 0.3) is 0 Å². The average Bonchev–Trinajstić information content (AvgIpc) is 2.91. The molecule has 0 aromatic heterocycles. The smallest absolute Gasteiger partial charge is 0.264 e. The quantitative estimate of drug-likeness (QED) is 0.269. The molecule has 1 N–H and O–H groups in total. The minimum Gasteiger partial charge on any atom is -0.354 e. The van der Waals surface area contributed by atoms with Crippen LogP contribution in [0.5, 0.6) is 0 Å². The van der Waals surface area contributed by atoms with Crippen molar-refractivity contribution in [2.75, 3.05) is 17.4 Å². The third-order valence-electron chi connectivity index (χ3n) is 6.38. The number of hydrogen-bond acceptors (Lipinski definition) is 4. The summed E-state index contributed by atoms with van der Waals surface area (Å²) in [5, 5.41) is 3.58. The van der Waals surface area contributed by atoms with E-state index in [0.29, 0.717) is 16.6 Å². The molecule has 7 nitrogen and oxygen atoms in total. The second kappa shape index (κ2) is 13.8. The van der Waals surface area contributed by atoms with Gasteiger partial charge in [0.1, 0.15) is 12.6 Å². The molecular weight excluding hydrogens is 557 g/mol. The van der Waals surface area contributed by atoms with Crippen molar-refractivity contribution in [1.82, 2.24) is 10.2 Å². The largest absolute Gasteiger partial charge is 0.354 e. The lowest BCUT2D eigenvalue weighted by molar-refractivity contribution is -0.139. The van der Waals surface area contributed by atoms with E-state index in [0.717, 1.165) is 28.3 Å². The zero-order valence-electron chi connectivity index (χ0n) is 22.2. The number of amides is 2. The maximum Gasteiger partial charge on any atom is 0.264 e. The number of unbranched alkanes of at least 4 members (excludes halogenated alkanes) is 1. The first-order valence-corrected chi connectivity index (χ1v) is 14.9. The Morgan fingerprint density at radius 3 is 2.28 bits per heavy atom. The van der Waals surface area contributed by atoms with Crippen molar-refractivity contribution in [2.45, 2.75) is 51.1 Å². The summed E-state index contributed by atoms with van der Waals surface area (Å²) in [5.74, 6) is -0.839. The van der Waals surface area contributed by atoms with Gasteiger partial charge in [-0.2, -0.15) is 0 Å². The number of aryl methyl sites for hydroxylation is 1. The molecular formula is C29H33Cl2N3O4S. The first-order valence-electron chi connectivity index (χ1n) is 12.7. The third-order valence-corrected chi connectivity index (χ3v) is 8.65. The molecule has 0 heterocycles. The topological polar surface area (TPSA) is 86.8 Å². The molecule has 0 bridgehead atoms. The summed E-state index contributed by atoms with van der Waals surface area (Å²) in [4.78, 5) is 28.3. The lowest BCUT2D eigenvalue weighted by atomic mass is 10.1. The van der Waals surface area contributed by atoms with Gasteiger partial charge in [-0.15, -0.1) is 0 Å². The number of hydrogen-bond donors (Lipinski definition) is 1. The Morgan fingerprint density at radius 2 is 1.64 bits per heavy atom. The highest BCUT2D eigenvalue weighted by atomic mass is 35.5. The van der Waals surface area contributed by atoms with Crippen molar-refractivity contribution in [1.29, 1.82) is 0 Å². The van der Waals surface area contributed by atoms with Gasteiger partial charge in [-0.1, -0.05) is 66.9 Å². The van der Waals surface area contributed by atoms with Gasteiger partial charge in [0.15, 0.2) is 0 Å². The van der Waals surface area contributed by atoms with Crippen molar-refractivity contribution in [3.8, 4) is 0 Å². The van der Waals surface area contributed by atoms with Crippen LogP contribution in [-0.4, -0.2) is 44.3 Å². The summed E-state index contributed by atoms with van der Waals surface area (Å²) >= 11 is 12.2. The van der Waals surface area contributed by atoms with Crippen molar-refractivity contribution in [3.05, 3.63) is 94.0 Å². The van der Waals surface area contributed by atoms with Gasteiger partial charge in [0.05, 0.1) is 10.6 Å². The van der Waals surface area contributed by atoms with Gasteiger partial charge in [0.25, 0.3) is 10.0 Å². The number of halogens is 2. The molecule has 3 rings (SSSR count). The molecule has 0 saturated carbocycles. The Bertz CT molecular complexity index is 1400. The number of benzene rings is 3. The molecule has 0 aliphatic heterocycles. The Kier molecular flexibility index (Phi) is 10.8. The molecule has 208 valence electrons. The van der Waals surface area contributed by atoms with Crippen molar-refractivity contribution < 1.29 is 18.0 Å². The molecule has 3 aromatic rings. The summed E-state index contributed by atoms with van der Waals surface area (Å²) in [5.41, 5.74) is 2.03. The van der Waals surface area contributed by atoms with Crippen molar-refractivity contribution >= 4 is 50.7 Å². The number of rotatable bonds is 12. The van der Waals surface area contributed by atoms with Crippen LogP contribution in [-0.2, 0) is 26.2 Å². The fourth-order valence-electron chi connectivity index (χ4n) is 3.98. The molecule has 0 fully saturated rings. The summed E-state index contributed by atoms with van der Waals surface area (Å²) in [6.45, 7) is 5.69. The van der Waals surface area contributed by atoms with E-state index in [1.807, 2.05) is 38.1 Å². The first kappa shape index (κ1) is 30.5. The maximum atomic E-state index is 13.9. The second-order valence-corrected chi connectivity index (χ2v) is 11.9. The van der Waals surface area contributed by atoms with Crippen LogP contribution < -0.4 is 9.62 Å². The van der Waals surface area contributed by atoms with Crippen LogP contribution >= 0.6 is 23.2 Å². The summed E-state index contributed by atoms with van der Waals surface area (Å²) < 4.78 is 28.6. The zero-order valence-corrected chi connectivity index (χ0v) is 24.6. The second-order valence-electron chi connectivity index (χ2n) is 9.21. The maximum absolute atomic E-state index is 13.9. The minimum atomic E-state index is -4.19. The molecule has 0 aliphatic rings. The molecule has 0 radical (unpaired) electrons. The fourth-order valence-corrected chi connectivity index (χ4v) is 5.70. The van der Waals surface area contributed by atoms with E-state index in [2.05, 4.69) is 5.32 Å². The summed E-state index contributed by atoms with van der Waals surface area (Å²) in [6.07, 6.45) is 1.73. The van der Waals surface area contributed by atoms with E-state index < -0.39 is 28.5 Å². The first-order chi connectivity index (χ1) is 18.5. The number of carbonyl (C=O) groups is 2. The molecule has 39 heavy (non-hydrogen) atoms. The minimum absolute atomic E-state index is 0.0320. The third kappa shape index (κ3) is 7.97. The van der Waals surface area contributed by atoms with Crippen LogP contribution in [0, 0.1) is 6.92 Å². The van der Waals surface area contributed by atoms with Crippen LogP contribution in [0.15, 0.2) is 77.7 Å². The van der Waals surface area contributed by atoms with Gasteiger partial charge in [0.2, 0.25) is 11.8 Å². The molecule has 10 heteroatoms. The van der Waals surface area contributed by atoms with E-state index in [-0.39, 0.29) is 23.0 Å². The Balaban J connectivity index is 2.01. The number of sulfonamides is 1. The van der Waals surface area contributed by atoms with Gasteiger partial charge in [0, 0.05) is 23.1 Å². The predicted molar refractivity (Wildman–Crippen MR) is 157 cm³/mol. The molecule has 1 atom stereocenters. The SMILES string of the molecule is CCCCNC(=O)[C@H](C)N(Cc1ccccc1C)C(=O)CN(c1cccc(Cl)c1)S(=O)(=O)c1ccc(Cl)cc1. The molecule has 0 aliphatic carbocycles. The molecule has 2 amide bonds. The van der Waals surface area contributed by atoms with Crippen LogP contribution in [0.3, 0.4) is 0 Å².